The van der Waals surface area contributed by atoms with E-state index in [4.69, 9.17) is 0 Å². The number of aryl methyl sites for hydroxylation is 1. The highest BCUT2D eigenvalue weighted by molar-refractivity contribution is 7.90. The van der Waals surface area contributed by atoms with E-state index in [1.54, 1.807) is 19.1 Å². The zero-order valence-corrected chi connectivity index (χ0v) is 13.4. The molecule has 1 heterocycles. The third-order valence-corrected chi connectivity index (χ3v) is 5.12. The molecule has 0 aliphatic carbocycles. The molecule has 1 fully saturated rings. The van der Waals surface area contributed by atoms with Crippen molar-refractivity contribution in [3.8, 4) is 0 Å². The van der Waals surface area contributed by atoms with Gasteiger partial charge in [0.1, 0.15) is 6.04 Å². The number of likely N-dealkylation sites (tertiary alicyclic amines) is 1. The number of rotatable bonds is 3. The number of aliphatic carboxylic acids is 1. The van der Waals surface area contributed by atoms with Gasteiger partial charge in [-0.3, -0.25) is 4.79 Å². The van der Waals surface area contributed by atoms with Crippen LogP contribution in [-0.4, -0.2) is 49.1 Å². The van der Waals surface area contributed by atoms with Gasteiger partial charge in [0.15, 0.2) is 9.84 Å². The summed E-state index contributed by atoms with van der Waals surface area (Å²) in [7, 11) is -3.44. The van der Waals surface area contributed by atoms with Gasteiger partial charge in [-0.2, -0.15) is 0 Å². The van der Waals surface area contributed by atoms with Crippen LogP contribution in [0.4, 0.5) is 0 Å². The number of amides is 1. The van der Waals surface area contributed by atoms with Crippen LogP contribution in [0.5, 0.6) is 0 Å². The maximum atomic E-state index is 12.6. The molecule has 0 saturated carbocycles. The van der Waals surface area contributed by atoms with E-state index in [1.165, 1.54) is 11.0 Å². The molecule has 6 nitrogen and oxygen atoms in total. The van der Waals surface area contributed by atoms with Crippen LogP contribution in [0.1, 0.15) is 35.2 Å². The third-order valence-electron chi connectivity index (χ3n) is 3.88. The monoisotopic (exact) mass is 325 g/mol. The van der Waals surface area contributed by atoms with Crippen molar-refractivity contribution in [2.45, 2.75) is 37.1 Å². The van der Waals surface area contributed by atoms with Crippen molar-refractivity contribution < 1.29 is 23.1 Å². The number of hydrogen-bond donors (Lipinski definition) is 1. The highest BCUT2D eigenvalue weighted by Gasteiger charge is 2.32. The number of carboxylic acids is 1. The first-order chi connectivity index (χ1) is 10.2. The third kappa shape index (κ3) is 3.30. The standard InChI is InChI=1S/C15H19NO5S/c1-10-6-7-11(9-13(10)22(2,20)21)14(17)16-8-4-3-5-12(16)15(18)19/h6-7,9,12H,3-5,8H2,1-2H3,(H,18,19)/t12-/m1/s1. The van der Waals surface area contributed by atoms with Gasteiger partial charge in [-0.1, -0.05) is 6.07 Å². The molecular formula is C15H19NO5S. The van der Waals surface area contributed by atoms with Gasteiger partial charge in [0, 0.05) is 18.4 Å². The summed E-state index contributed by atoms with van der Waals surface area (Å²) in [6.07, 6.45) is 3.03. The molecule has 7 heteroatoms. The van der Waals surface area contributed by atoms with Crippen LogP contribution < -0.4 is 0 Å². The molecule has 2 rings (SSSR count). The summed E-state index contributed by atoms with van der Waals surface area (Å²) < 4.78 is 23.5. The number of benzene rings is 1. The molecule has 0 bridgehead atoms. The Kier molecular flexibility index (Phi) is 4.55. The maximum absolute atomic E-state index is 12.6. The van der Waals surface area contributed by atoms with E-state index < -0.39 is 27.8 Å². The van der Waals surface area contributed by atoms with Crippen molar-refractivity contribution in [1.29, 1.82) is 0 Å². The number of sulfone groups is 1. The Labute approximate surface area is 129 Å². The van der Waals surface area contributed by atoms with Crippen molar-refractivity contribution in [2.24, 2.45) is 0 Å². The Morgan fingerprint density at radius 1 is 1.27 bits per heavy atom. The summed E-state index contributed by atoms with van der Waals surface area (Å²) in [6.45, 7) is 2.03. The van der Waals surface area contributed by atoms with E-state index in [1.807, 2.05) is 0 Å². The Bertz CT molecular complexity index is 711. The summed E-state index contributed by atoms with van der Waals surface area (Å²) >= 11 is 0. The van der Waals surface area contributed by atoms with Crippen LogP contribution in [0.2, 0.25) is 0 Å². The van der Waals surface area contributed by atoms with E-state index in [-0.39, 0.29) is 10.5 Å². The topological polar surface area (TPSA) is 91.8 Å². The number of piperidine rings is 1. The van der Waals surface area contributed by atoms with E-state index in [9.17, 15) is 23.1 Å². The first kappa shape index (κ1) is 16.5. The van der Waals surface area contributed by atoms with Gasteiger partial charge >= 0.3 is 5.97 Å². The normalized spacial score (nSPS) is 19.0. The summed E-state index contributed by atoms with van der Waals surface area (Å²) in [5, 5.41) is 9.24. The average molecular weight is 325 g/mol. The predicted molar refractivity (Wildman–Crippen MR) is 80.6 cm³/mol. The summed E-state index contributed by atoms with van der Waals surface area (Å²) in [4.78, 5) is 25.3. The molecule has 0 spiro atoms. The number of carbonyl (C=O) groups excluding carboxylic acids is 1. The molecular weight excluding hydrogens is 306 g/mol. The summed E-state index contributed by atoms with van der Waals surface area (Å²) in [6, 6.07) is 3.60. The fourth-order valence-electron chi connectivity index (χ4n) is 2.73. The number of hydrogen-bond acceptors (Lipinski definition) is 4. The largest absolute Gasteiger partial charge is 0.480 e. The molecule has 1 aliphatic rings. The summed E-state index contributed by atoms with van der Waals surface area (Å²) in [5.74, 6) is -1.46. The quantitative estimate of drug-likeness (QED) is 0.909. The van der Waals surface area contributed by atoms with Crippen LogP contribution in [0.15, 0.2) is 23.1 Å². The van der Waals surface area contributed by atoms with E-state index in [0.29, 0.717) is 18.5 Å². The van der Waals surface area contributed by atoms with Crippen molar-refractivity contribution in [1.82, 2.24) is 4.90 Å². The highest BCUT2D eigenvalue weighted by atomic mass is 32.2. The fraction of sp³-hybridized carbons (Fsp3) is 0.467. The van der Waals surface area contributed by atoms with Crippen molar-refractivity contribution in [3.63, 3.8) is 0 Å². The number of carboxylic acid groups (broad SMARTS) is 1. The average Bonchev–Trinajstić information content (AvgIpc) is 2.45. The van der Waals surface area contributed by atoms with Gasteiger partial charge in [-0.15, -0.1) is 0 Å². The van der Waals surface area contributed by atoms with Gasteiger partial charge in [-0.05, 0) is 43.9 Å². The molecule has 0 aromatic heterocycles. The van der Waals surface area contributed by atoms with Crippen molar-refractivity contribution >= 4 is 21.7 Å². The van der Waals surface area contributed by atoms with Crippen LogP contribution in [0.25, 0.3) is 0 Å². The Morgan fingerprint density at radius 2 is 1.95 bits per heavy atom. The molecule has 1 amide bonds. The first-order valence-corrected chi connectivity index (χ1v) is 8.95. The second-order valence-corrected chi connectivity index (χ2v) is 7.58. The highest BCUT2D eigenvalue weighted by Crippen LogP contribution is 2.22. The maximum Gasteiger partial charge on any atom is 0.326 e. The van der Waals surface area contributed by atoms with E-state index in [0.717, 1.165) is 19.1 Å². The minimum absolute atomic E-state index is 0.0993. The predicted octanol–water partition coefficient (Wildman–Crippen LogP) is 1.48. The Hall–Kier alpha value is -1.89. The second-order valence-electron chi connectivity index (χ2n) is 5.60. The molecule has 1 N–H and O–H groups in total. The van der Waals surface area contributed by atoms with Crippen LogP contribution >= 0.6 is 0 Å². The molecule has 22 heavy (non-hydrogen) atoms. The fourth-order valence-corrected chi connectivity index (χ4v) is 3.72. The second kappa shape index (κ2) is 6.08. The minimum Gasteiger partial charge on any atom is -0.480 e. The van der Waals surface area contributed by atoms with Crippen LogP contribution in [0, 0.1) is 6.92 Å². The molecule has 1 aromatic rings. The lowest BCUT2D eigenvalue weighted by Crippen LogP contribution is -2.48. The van der Waals surface area contributed by atoms with Gasteiger partial charge in [-0.25, -0.2) is 13.2 Å². The van der Waals surface area contributed by atoms with Gasteiger partial charge in [0.05, 0.1) is 4.90 Å². The summed E-state index contributed by atoms with van der Waals surface area (Å²) in [5.41, 5.74) is 0.770. The SMILES string of the molecule is Cc1ccc(C(=O)N2CCCC[C@@H]2C(=O)O)cc1S(C)(=O)=O. The van der Waals surface area contributed by atoms with E-state index >= 15 is 0 Å². The van der Waals surface area contributed by atoms with Crippen LogP contribution in [-0.2, 0) is 14.6 Å². The number of nitrogens with zero attached hydrogens (tertiary/aromatic N) is 1. The van der Waals surface area contributed by atoms with Crippen LogP contribution in [0.3, 0.4) is 0 Å². The minimum atomic E-state index is -3.44. The lowest BCUT2D eigenvalue weighted by Gasteiger charge is -2.33. The molecule has 1 saturated heterocycles. The first-order valence-electron chi connectivity index (χ1n) is 7.06. The molecule has 120 valence electrons. The van der Waals surface area contributed by atoms with Gasteiger partial charge < -0.3 is 10.0 Å². The van der Waals surface area contributed by atoms with Gasteiger partial charge in [0.25, 0.3) is 5.91 Å². The van der Waals surface area contributed by atoms with Gasteiger partial charge in [0.2, 0.25) is 0 Å². The Morgan fingerprint density at radius 3 is 2.55 bits per heavy atom. The smallest absolute Gasteiger partial charge is 0.326 e. The Balaban J connectivity index is 2.39. The lowest BCUT2D eigenvalue weighted by atomic mass is 10.0. The van der Waals surface area contributed by atoms with Crippen molar-refractivity contribution in [3.05, 3.63) is 29.3 Å². The van der Waals surface area contributed by atoms with E-state index in [2.05, 4.69) is 0 Å². The lowest BCUT2D eigenvalue weighted by molar-refractivity contribution is -0.143. The zero-order valence-electron chi connectivity index (χ0n) is 12.6. The zero-order chi connectivity index (χ0) is 16.5. The number of carbonyl (C=O) groups is 2. The molecule has 1 aromatic carbocycles. The molecule has 0 unspecified atom stereocenters. The molecule has 0 radical (unpaired) electrons. The molecule has 1 atom stereocenters. The molecule has 1 aliphatic heterocycles. The van der Waals surface area contributed by atoms with Crippen molar-refractivity contribution in [2.75, 3.05) is 12.8 Å².